The van der Waals surface area contributed by atoms with Gasteiger partial charge in [-0.2, -0.15) is 0 Å². The number of carbonyl (C=O) groups excluding carboxylic acids is 1. The van der Waals surface area contributed by atoms with Gasteiger partial charge in [-0.1, -0.05) is 0 Å². The van der Waals surface area contributed by atoms with Crippen molar-refractivity contribution < 1.29 is 13.8 Å². The van der Waals surface area contributed by atoms with Crippen molar-refractivity contribution in [1.82, 2.24) is 0 Å². The standard InChI is InChI=1S/C4H7ClO3/c1-4(6)7-2-3-8-5/h2-3H2,1H3. The summed E-state index contributed by atoms with van der Waals surface area (Å²) in [5.41, 5.74) is 0. The molecule has 0 aromatic heterocycles. The van der Waals surface area contributed by atoms with Crippen LogP contribution in [0.4, 0.5) is 0 Å². The molecule has 8 heavy (non-hydrogen) atoms. The van der Waals surface area contributed by atoms with E-state index >= 15 is 0 Å². The monoisotopic (exact) mass is 138 g/mol. The Labute approximate surface area is 52.7 Å². The summed E-state index contributed by atoms with van der Waals surface area (Å²) in [4.78, 5) is 10.00. The predicted octanol–water partition coefficient (Wildman–Crippen LogP) is 0.720. The second-order valence-electron chi connectivity index (χ2n) is 1.15. The molecular formula is C4H7ClO3. The molecule has 0 unspecified atom stereocenters. The van der Waals surface area contributed by atoms with Crippen LogP contribution in [0.25, 0.3) is 0 Å². The van der Waals surface area contributed by atoms with Gasteiger partial charge >= 0.3 is 5.97 Å². The molecule has 0 aliphatic heterocycles. The van der Waals surface area contributed by atoms with Crippen molar-refractivity contribution in [3.8, 4) is 0 Å². The van der Waals surface area contributed by atoms with E-state index in [9.17, 15) is 4.79 Å². The van der Waals surface area contributed by atoms with E-state index in [0.29, 0.717) is 0 Å². The minimum Gasteiger partial charge on any atom is -0.463 e. The highest BCUT2D eigenvalue weighted by Gasteiger charge is 1.89. The van der Waals surface area contributed by atoms with E-state index in [0.717, 1.165) is 0 Å². The zero-order chi connectivity index (χ0) is 6.41. The average Bonchev–Trinajstić information content (AvgIpc) is 1.66. The molecule has 0 aliphatic carbocycles. The van der Waals surface area contributed by atoms with Crippen molar-refractivity contribution in [2.45, 2.75) is 6.92 Å². The van der Waals surface area contributed by atoms with Gasteiger partial charge in [-0.3, -0.25) is 9.08 Å². The van der Waals surface area contributed by atoms with Gasteiger partial charge in [0.1, 0.15) is 13.2 Å². The first-order valence-electron chi connectivity index (χ1n) is 2.14. The number of hydrogen-bond donors (Lipinski definition) is 0. The third-order valence-electron chi connectivity index (χ3n) is 0.466. The van der Waals surface area contributed by atoms with Crippen LogP contribution in [0.2, 0.25) is 0 Å². The maximum absolute atomic E-state index is 10.00. The van der Waals surface area contributed by atoms with Crippen molar-refractivity contribution in [2.24, 2.45) is 0 Å². The summed E-state index contributed by atoms with van der Waals surface area (Å²) in [6.45, 7) is 1.79. The van der Waals surface area contributed by atoms with Crippen molar-refractivity contribution in [3.05, 3.63) is 0 Å². The number of ether oxygens (including phenoxy) is 1. The van der Waals surface area contributed by atoms with Crippen molar-refractivity contribution in [3.63, 3.8) is 0 Å². The summed E-state index contributed by atoms with van der Waals surface area (Å²) in [6.07, 6.45) is 0. The van der Waals surface area contributed by atoms with Crippen LogP contribution >= 0.6 is 11.9 Å². The molecular weight excluding hydrogens is 131 g/mol. The second kappa shape index (κ2) is 4.87. The number of rotatable bonds is 3. The molecule has 0 heterocycles. The van der Waals surface area contributed by atoms with E-state index in [1.54, 1.807) is 0 Å². The summed E-state index contributed by atoms with van der Waals surface area (Å²) in [5.74, 6) is -0.321. The van der Waals surface area contributed by atoms with Crippen LogP contribution in [-0.2, 0) is 13.8 Å². The Bertz CT molecular complexity index is 73.7. The minimum atomic E-state index is -0.321. The highest BCUT2D eigenvalue weighted by Crippen LogP contribution is 1.80. The summed E-state index contributed by atoms with van der Waals surface area (Å²) in [7, 11) is 0. The maximum Gasteiger partial charge on any atom is 0.302 e. The first-order valence-corrected chi connectivity index (χ1v) is 2.45. The highest BCUT2D eigenvalue weighted by molar-refractivity contribution is 6.07. The normalized spacial score (nSPS) is 8.75. The van der Waals surface area contributed by atoms with Crippen molar-refractivity contribution in [1.29, 1.82) is 0 Å². The van der Waals surface area contributed by atoms with Gasteiger partial charge in [-0.15, -0.1) is 0 Å². The number of carbonyl (C=O) groups is 1. The summed E-state index contributed by atoms with van der Waals surface area (Å²) < 4.78 is 8.52. The van der Waals surface area contributed by atoms with Crippen LogP contribution in [0.5, 0.6) is 0 Å². The van der Waals surface area contributed by atoms with E-state index < -0.39 is 0 Å². The molecule has 0 bridgehead atoms. The van der Waals surface area contributed by atoms with E-state index in [1.165, 1.54) is 6.92 Å². The topological polar surface area (TPSA) is 35.5 Å². The molecule has 0 saturated carbocycles. The van der Waals surface area contributed by atoms with Gasteiger partial charge in [0.2, 0.25) is 0 Å². The molecule has 0 fully saturated rings. The molecule has 0 amide bonds. The van der Waals surface area contributed by atoms with E-state index in [-0.39, 0.29) is 19.2 Å². The van der Waals surface area contributed by atoms with E-state index in [2.05, 4.69) is 9.03 Å². The first-order chi connectivity index (χ1) is 3.77. The summed E-state index contributed by atoms with van der Waals surface area (Å²) in [5, 5.41) is 0. The van der Waals surface area contributed by atoms with E-state index in [4.69, 9.17) is 11.9 Å². The summed E-state index contributed by atoms with van der Waals surface area (Å²) in [6, 6.07) is 0. The average molecular weight is 139 g/mol. The lowest BCUT2D eigenvalue weighted by molar-refractivity contribution is -0.141. The van der Waals surface area contributed by atoms with Crippen molar-refractivity contribution in [2.75, 3.05) is 13.2 Å². The fourth-order valence-electron chi connectivity index (χ4n) is 0.217. The molecule has 0 atom stereocenters. The molecule has 0 aromatic carbocycles. The first kappa shape index (κ1) is 7.72. The Morgan fingerprint density at radius 1 is 1.62 bits per heavy atom. The third-order valence-corrected chi connectivity index (χ3v) is 0.620. The van der Waals surface area contributed by atoms with Crippen molar-refractivity contribution >= 4 is 17.8 Å². The van der Waals surface area contributed by atoms with Crippen LogP contribution < -0.4 is 0 Å². The number of esters is 1. The lowest BCUT2D eigenvalue weighted by Crippen LogP contribution is -2.03. The smallest absolute Gasteiger partial charge is 0.302 e. The maximum atomic E-state index is 10.00. The second-order valence-corrected chi connectivity index (χ2v) is 1.37. The van der Waals surface area contributed by atoms with Crippen LogP contribution in [0.1, 0.15) is 6.92 Å². The minimum absolute atomic E-state index is 0.221. The Kier molecular flexibility index (Phi) is 4.70. The highest BCUT2D eigenvalue weighted by atomic mass is 35.5. The number of halogens is 1. The quantitative estimate of drug-likeness (QED) is 0.426. The van der Waals surface area contributed by atoms with Crippen LogP contribution in [-0.4, -0.2) is 19.2 Å². The molecule has 0 aliphatic rings. The fourth-order valence-corrected chi connectivity index (χ4v) is 0.280. The van der Waals surface area contributed by atoms with E-state index in [1.807, 2.05) is 0 Å². The SMILES string of the molecule is CC(=O)OCCOCl. The molecule has 0 aromatic rings. The van der Waals surface area contributed by atoms with Crippen LogP contribution in [0.3, 0.4) is 0 Å². The van der Waals surface area contributed by atoms with Gasteiger partial charge in [-0.25, -0.2) is 0 Å². The fraction of sp³-hybridized carbons (Fsp3) is 0.750. The molecule has 0 rings (SSSR count). The summed E-state index contributed by atoms with van der Waals surface area (Å²) >= 11 is 4.79. The van der Waals surface area contributed by atoms with Gasteiger partial charge < -0.3 is 4.74 Å². The van der Waals surface area contributed by atoms with Gasteiger partial charge in [-0.05, 0) is 0 Å². The Hall–Kier alpha value is -0.280. The predicted molar refractivity (Wildman–Crippen MR) is 28.4 cm³/mol. The molecule has 48 valence electrons. The van der Waals surface area contributed by atoms with Gasteiger partial charge in [0, 0.05) is 6.92 Å². The largest absolute Gasteiger partial charge is 0.463 e. The molecule has 0 saturated heterocycles. The molecule has 0 spiro atoms. The Morgan fingerprint density at radius 2 is 2.25 bits per heavy atom. The number of hydrogen-bond acceptors (Lipinski definition) is 3. The van der Waals surface area contributed by atoms with Crippen LogP contribution in [0.15, 0.2) is 0 Å². The molecule has 0 radical (unpaired) electrons. The Balaban J connectivity index is 2.82. The Morgan fingerprint density at radius 3 is 2.62 bits per heavy atom. The zero-order valence-electron chi connectivity index (χ0n) is 4.52. The van der Waals surface area contributed by atoms with Gasteiger partial charge in [0.25, 0.3) is 0 Å². The lowest BCUT2D eigenvalue weighted by atomic mass is 10.7. The molecule has 0 N–H and O–H groups in total. The lowest BCUT2D eigenvalue weighted by Gasteiger charge is -1.95. The molecule has 4 heteroatoms. The zero-order valence-corrected chi connectivity index (χ0v) is 5.27. The molecule has 3 nitrogen and oxygen atoms in total. The van der Waals surface area contributed by atoms with Gasteiger partial charge in [0.15, 0.2) is 0 Å². The van der Waals surface area contributed by atoms with Gasteiger partial charge in [0.05, 0.1) is 11.9 Å². The van der Waals surface area contributed by atoms with Crippen LogP contribution in [0, 0.1) is 0 Å². The third kappa shape index (κ3) is 5.72.